The molecule has 0 aliphatic carbocycles. The van der Waals surface area contributed by atoms with Gasteiger partial charge in [0.05, 0.1) is 24.8 Å². The number of benzene rings is 1. The molecule has 4 rings (SSSR count). The van der Waals surface area contributed by atoms with E-state index in [0.717, 1.165) is 35.5 Å². The van der Waals surface area contributed by atoms with Crippen molar-refractivity contribution in [3.8, 4) is 0 Å². The van der Waals surface area contributed by atoms with E-state index in [2.05, 4.69) is 26.6 Å². The molecule has 1 atom stereocenters. The number of pyridine rings is 1. The Bertz CT molecular complexity index is 845. The first-order valence-corrected chi connectivity index (χ1v) is 8.89. The van der Waals surface area contributed by atoms with Gasteiger partial charge in [0.15, 0.2) is 0 Å². The van der Waals surface area contributed by atoms with Crippen LogP contribution in [-0.4, -0.2) is 41.5 Å². The first-order chi connectivity index (χ1) is 12.8. The molecule has 1 amide bonds. The molecular formula is C20H22N4O2. The third-order valence-corrected chi connectivity index (χ3v) is 4.60. The highest BCUT2D eigenvalue weighted by atomic mass is 16.3. The zero-order chi connectivity index (χ0) is 17.8. The van der Waals surface area contributed by atoms with Crippen LogP contribution in [0.1, 0.15) is 11.5 Å². The van der Waals surface area contributed by atoms with Gasteiger partial charge in [-0.1, -0.05) is 24.3 Å². The molecule has 2 aromatic heterocycles. The van der Waals surface area contributed by atoms with Crippen molar-refractivity contribution >= 4 is 16.9 Å². The van der Waals surface area contributed by atoms with Crippen LogP contribution in [0.25, 0.3) is 11.0 Å². The molecule has 134 valence electrons. The Labute approximate surface area is 152 Å². The average Bonchev–Trinajstić information content (AvgIpc) is 3.09. The second-order valence-electron chi connectivity index (χ2n) is 6.53. The Morgan fingerprint density at radius 3 is 3.00 bits per heavy atom. The first-order valence-electron chi connectivity index (χ1n) is 8.89. The maximum Gasteiger partial charge on any atom is 0.238 e. The summed E-state index contributed by atoms with van der Waals surface area (Å²) in [4.78, 5) is 18.9. The smallest absolute Gasteiger partial charge is 0.238 e. The molecule has 1 unspecified atom stereocenters. The number of furan rings is 1. The fraction of sp³-hybridized carbons (Fsp3) is 0.300. The molecule has 1 aromatic carbocycles. The monoisotopic (exact) mass is 350 g/mol. The fourth-order valence-electron chi connectivity index (χ4n) is 3.27. The number of amides is 1. The SMILES string of the molecule is O=C(NCc1ccccn1)C1CN(Cc2cc3ccccc3o2)CCN1. The molecule has 1 aliphatic rings. The molecule has 0 bridgehead atoms. The third-order valence-electron chi connectivity index (χ3n) is 4.60. The van der Waals surface area contributed by atoms with Crippen LogP contribution in [-0.2, 0) is 17.9 Å². The van der Waals surface area contributed by atoms with E-state index < -0.39 is 0 Å². The molecule has 26 heavy (non-hydrogen) atoms. The van der Waals surface area contributed by atoms with Crippen molar-refractivity contribution < 1.29 is 9.21 Å². The van der Waals surface area contributed by atoms with Gasteiger partial charge in [0.25, 0.3) is 0 Å². The normalized spacial score (nSPS) is 18.1. The Kier molecular flexibility index (Phi) is 4.95. The minimum Gasteiger partial charge on any atom is -0.460 e. The van der Waals surface area contributed by atoms with E-state index >= 15 is 0 Å². The number of para-hydroxylation sites is 1. The van der Waals surface area contributed by atoms with Crippen LogP contribution >= 0.6 is 0 Å². The van der Waals surface area contributed by atoms with Gasteiger partial charge < -0.3 is 15.1 Å². The van der Waals surface area contributed by atoms with E-state index in [1.54, 1.807) is 6.20 Å². The third kappa shape index (κ3) is 3.92. The number of carbonyl (C=O) groups excluding carboxylic acids is 1. The van der Waals surface area contributed by atoms with Gasteiger partial charge in [-0.05, 0) is 24.3 Å². The molecule has 1 saturated heterocycles. The summed E-state index contributed by atoms with van der Waals surface area (Å²) >= 11 is 0. The maximum absolute atomic E-state index is 12.5. The van der Waals surface area contributed by atoms with Gasteiger partial charge in [0, 0.05) is 31.2 Å². The summed E-state index contributed by atoms with van der Waals surface area (Å²) in [5, 5.41) is 7.37. The summed E-state index contributed by atoms with van der Waals surface area (Å²) < 4.78 is 5.90. The molecule has 6 nitrogen and oxygen atoms in total. The number of rotatable bonds is 5. The molecule has 2 N–H and O–H groups in total. The van der Waals surface area contributed by atoms with E-state index in [-0.39, 0.29) is 11.9 Å². The van der Waals surface area contributed by atoms with E-state index in [1.165, 1.54) is 0 Å². The number of fused-ring (bicyclic) bond motifs is 1. The van der Waals surface area contributed by atoms with Gasteiger partial charge in [-0.15, -0.1) is 0 Å². The van der Waals surface area contributed by atoms with Crippen LogP contribution < -0.4 is 10.6 Å². The van der Waals surface area contributed by atoms with Crippen LogP contribution in [0.3, 0.4) is 0 Å². The number of piperazine rings is 1. The van der Waals surface area contributed by atoms with Gasteiger partial charge in [0.1, 0.15) is 11.3 Å². The minimum absolute atomic E-state index is 0.00459. The Morgan fingerprint density at radius 2 is 2.15 bits per heavy atom. The fourth-order valence-corrected chi connectivity index (χ4v) is 3.27. The number of hydrogen-bond acceptors (Lipinski definition) is 5. The zero-order valence-corrected chi connectivity index (χ0v) is 14.5. The first kappa shape index (κ1) is 16.8. The zero-order valence-electron chi connectivity index (χ0n) is 14.5. The summed E-state index contributed by atoms with van der Waals surface area (Å²) in [5.41, 5.74) is 1.76. The van der Waals surface area contributed by atoms with Gasteiger partial charge in [-0.25, -0.2) is 0 Å². The van der Waals surface area contributed by atoms with E-state index in [0.29, 0.717) is 19.6 Å². The predicted molar refractivity (Wildman–Crippen MR) is 99.4 cm³/mol. The molecule has 1 aliphatic heterocycles. The standard InChI is InChI=1S/C20H22N4O2/c25-20(23-12-16-6-3-4-8-21-16)18-14-24(10-9-22-18)13-17-11-15-5-1-2-7-19(15)26-17/h1-8,11,18,22H,9-10,12-14H2,(H,23,25). The molecule has 0 spiro atoms. The highest BCUT2D eigenvalue weighted by Gasteiger charge is 2.25. The lowest BCUT2D eigenvalue weighted by molar-refractivity contribution is -0.124. The highest BCUT2D eigenvalue weighted by molar-refractivity contribution is 5.82. The Morgan fingerprint density at radius 1 is 1.27 bits per heavy atom. The van der Waals surface area contributed by atoms with Crippen molar-refractivity contribution in [1.29, 1.82) is 0 Å². The summed E-state index contributed by atoms with van der Waals surface area (Å²) in [6, 6.07) is 15.6. The quantitative estimate of drug-likeness (QED) is 0.736. The van der Waals surface area contributed by atoms with Crippen LogP contribution in [0.5, 0.6) is 0 Å². The minimum atomic E-state index is -0.225. The molecule has 0 saturated carbocycles. The summed E-state index contributed by atoms with van der Waals surface area (Å²) in [7, 11) is 0. The van der Waals surface area contributed by atoms with Crippen LogP contribution in [0, 0.1) is 0 Å². The molecular weight excluding hydrogens is 328 g/mol. The predicted octanol–water partition coefficient (Wildman–Crippen LogP) is 1.92. The Hall–Kier alpha value is -2.70. The van der Waals surface area contributed by atoms with E-state index in [9.17, 15) is 4.79 Å². The molecule has 1 fully saturated rings. The van der Waals surface area contributed by atoms with Gasteiger partial charge in [-0.3, -0.25) is 14.7 Å². The second-order valence-corrected chi connectivity index (χ2v) is 6.53. The number of nitrogens with zero attached hydrogens (tertiary/aromatic N) is 2. The van der Waals surface area contributed by atoms with Crippen LogP contribution in [0.4, 0.5) is 0 Å². The van der Waals surface area contributed by atoms with E-state index in [1.807, 2.05) is 42.5 Å². The highest BCUT2D eigenvalue weighted by Crippen LogP contribution is 2.20. The summed E-state index contributed by atoms with van der Waals surface area (Å²) in [6.45, 7) is 3.48. The van der Waals surface area contributed by atoms with Gasteiger partial charge in [-0.2, -0.15) is 0 Å². The van der Waals surface area contributed by atoms with Crippen molar-refractivity contribution in [2.75, 3.05) is 19.6 Å². The molecule has 0 radical (unpaired) electrons. The lowest BCUT2D eigenvalue weighted by atomic mass is 10.2. The lowest BCUT2D eigenvalue weighted by Crippen LogP contribution is -2.56. The molecule has 3 aromatic rings. The molecule has 6 heteroatoms. The average molecular weight is 350 g/mol. The van der Waals surface area contributed by atoms with Gasteiger partial charge in [0.2, 0.25) is 5.91 Å². The number of hydrogen-bond donors (Lipinski definition) is 2. The van der Waals surface area contributed by atoms with Crippen molar-refractivity contribution in [1.82, 2.24) is 20.5 Å². The Balaban J connectivity index is 1.33. The van der Waals surface area contributed by atoms with Crippen molar-refractivity contribution in [2.45, 2.75) is 19.1 Å². The van der Waals surface area contributed by atoms with Crippen LogP contribution in [0.2, 0.25) is 0 Å². The maximum atomic E-state index is 12.5. The number of nitrogens with one attached hydrogen (secondary N) is 2. The summed E-state index contributed by atoms with van der Waals surface area (Å²) in [6.07, 6.45) is 1.73. The largest absolute Gasteiger partial charge is 0.460 e. The van der Waals surface area contributed by atoms with Crippen molar-refractivity contribution in [2.24, 2.45) is 0 Å². The van der Waals surface area contributed by atoms with Crippen molar-refractivity contribution in [3.05, 3.63) is 66.2 Å². The second kappa shape index (κ2) is 7.68. The molecule has 3 heterocycles. The lowest BCUT2D eigenvalue weighted by Gasteiger charge is -2.32. The van der Waals surface area contributed by atoms with Crippen molar-refractivity contribution in [3.63, 3.8) is 0 Å². The van der Waals surface area contributed by atoms with E-state index in [4.69, 9.17) is 4.42 Å². The van der Waals surface area contributed by atoms with Gasteiger partial charge >= 0.3 is 0 Å². The summed E-state index contributed by atoms with van der Waals surface area (Å²) in [5.74, 6) is 0.936. The number of carbonyl (C=O) groups is 1. The number of aromatic nitrogens is 1. The topological polar surface area (TPSA) is 70.4 Å². The van der Waals surface area contributed by atoms with Crippen LogP contribution in [0.15, 0.2) is 59.1 Å².